The Morgan fingerprint density at radius 3 is 2.57 bits per heavy atom. The van der Waals surface area contributed by atoms with Crippen molar-refractivity contribution in [1.82, 2.24) is 0 Å². The van der Waals surface area contributed by atoms with Gasteiger partial charge in [-0.2, -0.15) is 0 Å². The second kappa shape index (κ2) is 7.02. The molecule has 2 aromatic rings. The lowest BCUT2D eigenvalue weighted by atomic mass is 10.1. The van der Waals surface area contributed by atoms with Gasteiger partial charge in [0.2, 0.25) is 0 Å². The fourth-order valence-electron chi connectivity index (χ4n) is 1.78. The Morgan fingerprint density at radius 2 is 2.05 bits per heavy atom. The van der Waals surface area contributed by atoms with Crippen LogP contribution in [0, 0.1) is 0 Å². The number of halogens is 2. The van der Waals surface area contributed by atoms with Crippen LogP contribution in [0.1, 0.15) is 18.5 Å². The molecule has 4 nitrogen and oxygen atoms in total. The molecule has 1 aromatic heterocycles. The molecule has 0 saturated carbocycles. The summed E-state index contributed by atoms with van der Waals surface area (Å²) in [6.45, 7) is 1.87. The van der Waals surface area contributed by atoms with Crippen molar-refractivity contribution in [3.8, 4) is 5.75 Å². The second-order valence-electron chi connectivity index (χ2n) is 4.42. The zero-order chi connectivity index (χ0) is 15.4. The Bertz CT molecular complexity index is 628. The highest BCUT2D eigenvalue weighted by Gasteiger charge is 2.13. The van der Waals surface area contributed by atoms with Crippen molar-refractivity contribution in [3.63, 3.8) is 0 Å². The Hall–Kier alpha value is -1.43. The number of primary amides is 1. The summed E-state index contributed by atoms with van der Waals surface area (Å²) in [6.07, 6.45) is 0. The van der Waals surface area contributed by atoms with E-state index in [9.17, 15) is 4.79 Å². The molecule has 1 aromatic carbocycles. The molecule has 0 aliphatic heterocycles. The van der Waals surface area contributed by atoms with Crippen molar-refractivity contribution in [2.45, 2.75) is 13.0 Å². The third-order valence-corrected chi connectivity index (χ3v) is 4.29. The van der Waals surface area contributed by atoms with Crippen molar-refractivity contribution >= 4 is 46.1 Å². The van der Waals surface area contributed by atoms with Gasteiger partial charge in [0.25, 0.3) is 5.91 Å². The van der Waals surface area contributed by atoms with Gasteiger partial charge in [0.15, 0.2) is 6.61 Å². The maximum atomic E-state index is 10.6. The van der Waals surface area contributed by atoms with Gasteiger partial charge >= 0.3 is 0 Å². The van der Waals surface area contributed by atoms with E-state index >= 15 is 0 Å². The Kier molecular flexibility index (Phi) is 5.33. The predicted octanol–water partition coefficient (Wildman–Crippen LogP) is 4.09. The first kappa shape index (κ1) is 15.9. The van der Waals surface area contributed by atoms with Crippen LogP contribution in [0.15, 0.2) is 30.3 Å². The zero-order valence-corrected chi connectivity index (χ0v) is 13.6. The summed E-state index contributed by atoms with van der Waals surface area (Å²) in [5, 5.41) is 3.32. The molecule has 3 N–H and O–H groups in total. The summed E-state index contributed by atoms with van der Waals surface area (Å²) in [7, 11) is 0. The normalized spacial score (nSPS) is 12.0. The van der Waals surface area contributed by atoms with E-state index in [2.05, 4.69) is 5.32 Å². The zero-order valence-electron chi connectivity index (χ0n) is 11.2. The van der Waals surface area contributed by atoms with Crippen molar-refractivity contribution in [3.05, 3.63) is 44.6 Å². The van der Waals surface area contributed by atoms with Crippen LogP contribution >= 0.6 is 34.5 Å². The van der Waals surface area contributed by atoms with Crippen LogP contribution in [-0.4, -0.2) is 12.5 Å². The molecular weight excluding hydrogens is 331 g/mol. The summed E-state index contributed by atoms with van der Waals surface area (Å²) in [5.74, 6) is 0.0819. The number of anilines is 1. The fraction of sp³-hybridized carbons (Fsp3) is 0.214. The minimum absolute atomic E-state index is 0.0265. The maximum absolute atomic E-state index is 10.6. The first-order chi connectivity index (χ1) is 9.95. The highest BCUT2D eigenvalue weighted by Crippen LogP contribution is 2.36. The summed E-state index contributed by atoms with van der Waals surface area (Å²) in [4.78, 5) is 10.6. The topological polar surface area (TPSA) is 64.3 Å². The molecule has 0 aliphatic carbocycles. The molecular formula is C14H14Cl2N2O2S. The number of carbonyl (C=O) groups is 1. The SMILES string of the molecule is CC(Nc1ccc(OCC(N)=O)cc1)c1cc(Cl)sc1Cl. The number of benzene rings is 1. The molecule has 1 unspecified atom stereocenters. The van der Waals surface area contributed by atoms with Crippen molar-refractivity contribution < 1.29 is 9.53 Å². The van der Waals surface area contributed by atoms with E-state index in [1.165, 1.54) is 11.3 Å². The number of ether oxygens (including phenoxy) is 1. The number of amides is 1. The van der Waals surface area contributed by atoms with Gasteiger partial charge in [0.05, 0.1) is 14.7 Å². The molecule has 21 heavy (non-hydrogen) atoms. The van der Waals surface area contributed by atoms with Crippen LogP contribution in [0.4, 0.5) is 5.69 Å². The summed E-state index contributed by atoms with van der Waals surface area (Å²) in [5.41, 5.74) is 6.89. The van der Waals surface area contributed by atoms with Gasteiger partial charge in [-0.3, -0.25) is 4.79 Å². The molecule has 0 spiro atoms. The monoisotopic (exact) mass is 344 g/mol. The smallest absolute Gasteiger partial charge is 0.255 e. The van der Waals surface area contributed by atoms with Gasteiger partial charge in [0.1, 0.15) is 5.75 Å². The van der Waals surface area contributed by atoms with Gasteiger partial charge < -0.3 is 15.8 Å². The van der Waals surface area contributed by atoms with E-state index in [1.54, 1.807) is 12.1 Å². The molecule has 1 amide bonds. The van der Waals surface area contributed by atoms with E-state index in [-0.39, 0.29) is 12.6 Å². The molecule has 0 fully saturated rings. The first-order valence-corrected chi connectivity index (χ1v) is 7.75. The number of thiophene rings is 1. The van der Waals surface area contributed by atoms with Crippen LogP contribution in [0.5, 0.6) is 5.75 Å². The molecule has 0 radical (unpaired) electrons. The summed E-state index contributed by atoms with van der Waals surface area (Å²) < 4.78 is 6.54. The minimum atomic E-state index is -0.505. The number of carbonyl (C=O) groups excluding carboxylic acids is 1. The third-order valence-electron chi connectivity index (χ3n) is 2.77. The number of nitrogens with one attached hydrogen (secondary N) is 1. The molecule has 2 rings (SSSR count). The average molecular weight is 345 g/mol. The van der Waals surface area contributed by atoms with Gasteiger partial charge in [0, 0.05) is 11.3 Å². The van der Waals surface area contributed by atoms with Gasteiger partial charge in [-0.05, 0) is 37.3 Å². The maximum Gasteiger partial charge on any atom is 0.255 e. The quantitative estimate of drug-likeness (QED) is 0.829. The number of rotatable bonds is 6. The van der Waals surface area contributed by atoms with Crippen molar-refractivity contribution in [2.75, 3.05) is 11.9 Å². The lowest BCUT2D eigenvalue weighted by molar-refractivity contribution is -0.119. The Balaban J connectivity index is 1.99. The predicted molar refractivity (Wildman–Crippen MR) is 87.5 cm³/mol. The van der Waals surface area contributed by atoms with Crippen LogP contribution in [-0.2, 0) is 4.79 Å². The van der Waals surface area contributed by atoms with Crippen LogP contribution in [0.2, 0.25) is 8.67 Å². The van der Waals surface area contributed by atoms with E-state index in [0.29, 0.717) is 14.4 Å². The van der Waals surface area contributed by atoms with Gasteiger partial charge in [-0.15, -0.1) is 11.3 Å². The molecule has 0 bridgehead atoms. The van der Waals surface area contributed by atoms with Crippen LogP contribution in [0.3, 0.4) is 0 Å². The van der Waals surface area contributed by atoms with Gasteiger partial charge in [-0.1, -0.05) is 23.2 Å². The van der Waals surface area contributed by atoms with E-state index < -0.39 is 5.91 Å². The Labute approximate surface area is 136 Å². The standard InChI is InChI=1S/C14H14Cl2N2O2S/c1-8(11-6-12(15)21-14(11)16)18-9-2-4-10(5-3-9)20-7-13(17)19/h2-6,8,18H,7H2,1H3,(H2,17,19). The lowest BCUT2D eigenvalue weighted by Crippen LogP contribution is -2.19. The van der Waals surface area contributed by atoms with Crippen molar-refractivity contribution in [1.29, 1.82) is 0 Å². The highest BCUT2D eigenvalue weighted by molar-refractivity contribution is 7.20. The van der Waals surface area contributed by atoms with Crippen LogP contribution < -0.4 is 15.8 Å². The molecule has 1 atom stereocenters. The first-order valence-electron chi connectivity index (χ1n) is 6.18. The molecule has 1 heterocycles. The molecule has 7 heteroatoms. The highest BCUT2D eigenvalue weighted by atomic mass is 35.5. The largest absolute Gasteiger partial charge is 0.484 e. The number of hydrogen-bond acceptors (Lipinski definition) is 4. The molecule has 112 valence electrons. The molecule has 0 aliphatic rings. The minimum Gasteiger partial charge on any atom is -0.484 e. The van der Waals surface area contributed by atoms with Crippen LogP contribution in [0.25, 0.3) is 0 Å². The third kappa shape index (κ3) is 4.52. The van der Waals surface area contributed by atoms with E-state index in [1.807, 2.05) is 25.1 Å². The van der Waals surface area contributed by atoms with E-state index in [0.717, 1.165) is 11.3 Å². The molecule has 0 saturated heterocycles. The van der Waals surface area contributed by atoms with E-state index in [4.69, 9.17) is 33.7 Å². The Morgan fingerprint density at radius 1 is 1.38 bits per heavy atom. The van der Waals surface area contributed by atoms with Crippen molar-refractivity contribution in [2.24, 2.45) is 5.73 Å². The lowest BCUT2D eigenvalue weighted by Gasteiger charge is -2.15. The number of nitrogens with two attached hydrogens (primary N) is 1. The summed E-state index contributed by atoms with van der Waals surface area (Å²) in [6, 6.07) is 9.12. The van der Waals surface area contributed by atoms with Gasteiger partial charge in [-0.25, -0.2) is 0 Å². The number of hydrogen-bond donors (Lipinski definition) is 2. The second-order valence-corrected chi connectivity index (χ2v) is 6.71. The fourth-order valence-corrected chi connectivity index (χ4v) is 3.42. The summed E-state index contributed by atoms with van der Waals surface area (Å²) >= 11 is 13.4. The average Bonchev–Trinajstić information content (AvgIpc) is 2.77.